The fourth-order valence-electron chi connectivity index (χ4n) is 3.68. The molecule has 3 aromatic rings. The van der Waals surface area contributed by atoms with Gasteiger partial charge in [0.15, 0.2) is 0 Å². The average molecular weight is 422 g/mol. The fraction of sp³-hybridized carbons (Fsp3) is 0.375. The number of hydrogen-bond donors (Lipinski definition) is 0. The Morgan fingerprint density at radius 3 is 3.00 bits per heavy atom. The van der Waals surface area contributed by atoms with Crippen molar-refractivity contribution in [2.24, 2.45) is 0 Å². The lowest BCUT2D eigenvalue weighted by molar-refractivity contribution is -0.00691. The van der Waals surface area contributed by atoms with E-state index < -0.39 is 5.63 Å². The molecule has 1 saturated heterocycles. The molecule has 1 aliphatic rings. The van der Waals surface area contributed by atoms with E-state index in [0.717, 1.165) is 24.8 Å². The van der Waals surface area contributed by atoms with Crippen molar-refractivity contribution in [2.75, 3.05) is 19.7 Å². The maximum atomic E-state index is 13.1. The minimum Gasteiger partial charge on any atom is -0.493 e. The van der Waals surface area contributed by atoms with Crippen LogP contribution in [0, 0.1) is 0 Å². The van der Waals surface area contributed by atoms with Crippen LogP contribution in [0.2, 0.25) is 0 Å². The predicted molar refractivity (Wildman–Crippen MR) is 116 cm³/mol. The highest BCUT2D eigenvalue weighted by Crippen LogP contribution is 2.22. The minimum absolute atomic E-state index is 0.0441. The number of carbonyl (C=O) groups excluding carboxylic acids is 1. The van der Waals surface area contributed by atoms with Gasteiger partial charge in [0, 0.05) is 36.9 Å². The number of benzene rings is 1. The monoisotopic (exact) mass is 422 g/mol. The van der Waals surface area contributed by atoms with Crippen LogP contribution in [0.15, 0.2) is 58.0 Å². The number of hydrogen-bond acceptors (Lipinski definition) is 6. The topological polar surface area (TPSA) is 81.9 Å². The molecule has 1 atom stereocenters. The van der Waals surface area contributed by atoms with Gasteiger partial charge in [-0.1, -0.05) is 13.0 Å². The number of rotatable bonds is 7. The van der Waals surface area contributed by atoms with Crippen molar-refractivity contribution in [1.82, 2.24) is 9.88 Å². The van der Waals surface area contributed by atoms with Crippen LogP contribution in [-0.2, 0) is 11.3 Å². The number of pyridine rings is 1. The molecule has 1 unspecified atom stereocenters. The van der Waals surface area contributed by atoms with Crippen LogP contribution < -0.4 is 10.4 Å². The summed E-state index contributed by atoms with van der Waals surface area (Å²) in [4.78, 5) is 31.4. The van der Waals surface area contributed by atoms with Crippen molar-refractivity contribution in [3.8, 4) is 5.75 Å². The first-order valence-corrected chi connectivity index (χ1v) is 10.6. The number of nitrogens with zero attached hydrogens (tertiary/aromatic N) is 2. The molecule has 1 aromatic carbocycles. The zero-order chi connectivity index (χ0) is 21.6. The Kier molecular flexibility index (Phi) is 6.62. The lowest BCUT2D eigenvalue weighted by atomic mass is 10.1. The summed E-state index contributed by atoms with van der Waals surface area (Å²) in [6.45, 7) is 4.09. The maximum absolute atomic E-state index is 13.1. The maximum Gasteiger partial charge on any atom is 0.349 e. The second-order valence-corrected chi connectivity index (χ2v) is 7.68. The Morgan fingerprint density at radius 2 is 2.19 bits per heavy atom. The van der Waals surface area contributed by atoms with Gasteiger partial charge in [0.25, 0.3) is 5.91 Å². The molecule has 0 bridgehead atoms. The molecule has 31 heavy (non-hydrogen) atoms. The number of likely N-dealkylation sites (tertiary alicyclic amines) is 1. The molecule has 1 amide bonds. The fourth-order valence-corrected chi connectivity index (χ4v) is 3.68. The van der Waals surface area contributed by atoms with E-state index in [1.54, 1.807) is 35.5 Å². The zero-order valence-corrected chi connectivity index (χ0v) is 17.6. The van der Waals surface area contributed by atoms with E-state index in [1.807, 2.05) is 25.1 Å². The van der Waals surface area contributed by atoms with Gasteiger partial charge in [-0.05, 0) is 49.1 Å². The first kappa shape index (κ1) is 21.1. The minimum atomic E-state index is -0.636. The predicted octanol–water partition coefficient (Wildman–Crippen LogP) is 3.80. The summed E-state index contributed by atoms with van der Waals surface area (Å²) in [5.41, 5.74) is 0.807. The molecule has 0 aliphatic carbocycles. The summed E-state index contributed by atoms with van der Waals surface area (Å²) in [6.07, 6.45) is 5.99. The summed E-state index contributed by atoms with van der Waals surface area (Å²) < 4.78 is 17.0. The van der Waals surface area contributed by atoms with E-state index in [1.165, 1.54) is 0 Å². The third-order valence-corrected chi connectivity index (χ3v) is 5.28. The second-order valence-electron chi connectivity index (χ2n) is 7.68. The van der Waals surface area contributed by atoms with Crippen molar-refractivity contribution in [3.05, 3.63) is 70.3 Å². The highest BCUT2D eigenvalue weighted by Gasteiger charge is 2.27. The quantitative estimate of drug-likeness (QED) is 0.539. The molecule has 7 nitrogen and oxygen atoms in total. The van der Waals surface area contributed by atoms with Gasteiger partial charge in [-0.15, -0.1) is 0 Å². The molecule has 162 valence electrons. The van der Waals surface area contributed by atoms with Gasteiger partial charge in [0.2, 0.25) is 0 Å². The van der Waals surface area contributed by atoms with Gasteiger partial charge in [-0.3, -0.25) is 9.78 Å². The standard InChI is InChI=1S/C24H26N2O5/c1-2-11-29-19-8-7-18-12-21(24(28)31-22(18)13-19)23(27)26-10-4-6-20(15-26)30-16-17-5-3-9-25-14-17/h3,5,7-9,12-14,20H,2,4,6,10-11,15-16H2,1H3. The smallest absolute Gasteiger partial charge is 0.349 e. The summed E-state index contributed by atoms with van der Waals surface area (Å²) >= 11 is 0. The van der Waals surface area contributed by atoms with Crippen molar-refractivity contribution >= 4 is 16.9 Å². The van der Waals surface area contributed by atoms with Crippen LogP contribution in [-0.4, -0.2) is 41.6 Å². The molecule has 0 spiro atoms. The summed E-state index contributed by atoms with van der Waals surface area (Å²) in [7, 11) is 0. The Balaban J connectivity index is 1.46. The van der Waals surface area contributed by atoms with E-state index in [-0.39, 0.29) is 17.6 Å². The average Bonchev–Trinajstić information content (AvgIpc) is 2.81. The van der Waals surface area contributed by atoms with Gasteiger partial charge >= 0.3 is 5.63 Å². The molecule has 7 heteroatoms. The van der Waals surface area contributed by atoms with Gasteiger partial charge in [-0.2, -0.15) is 0 Å². The third kappa shape index (κ3) is 5.11. The number of fused-ring (bicyclic) bond motifs is 1. The summed E-state index contributed by atoms with van der Waals surface area (Å²) in [5.74, 6) is 0.317. The van der Waals surface area contributed by atoms with Crippen LogP contribution in [0.3, 0.4) is 0 Å². The molecule has 0 radical (unpaired) electrons. The number of aromatic nitrogens is 1. The number of carbonyl (C=O) groups is 1. The molecule has 3 heterocycles. The van der Waals surface area contributed by atoms with Crippen LogP contribution in [0.4, 0.5) is 0 Å². The third-order valence-electron chi connectivity index (χ3n) is 5.28. The van der Waals surface area contributed by atoms with Crippen molar-refractivity contribution < 1.29 is 18.7 Å². The van der Waals surface area contributed by atoms with E-state index in [9.17, 15) is 9.59 Å². The van der Waals surface area contributed by atoms with E-state index in [4.69, 9.17) is 13.9 Å². The Hall–Kier alpha value is -3.19. The molecule has 4 rings (SSSR count). The van der Waals surface area contributed by atoms with Crippen LogP contribution >= 0.6 is 0 Å². The number of piperidine rings is 1. The van der Waals surface area contributed by atoms with Crippen molar-refractivity contribution in [1.29, 1.82) is 0 Å². The van der Waals surface area contributed by atoms with Gasteiger partial charge < -0.3 is 18.8 Å². The lowest BCUT2D eigenvalue weighted by Gasteiger charge is -2.32. The molecular weight excluding hydrogens is 396 g/mol. The molecular formula is C24H26N2O5. The van der Waals surface area contributed by atoms with Gasteiger partial charge in [0.1, 0.15) is 16.9 Å². The SMILES string of the molecule is CCCOc1ccc2cc(C(=O)N3CCCC(OCc4cccnc4)C3)c(=O)oc2c1. The van der Waals surface area contributed by atoms with Crippen molar-refractivity contribution in [3.63, 3.8) is 0 Å². The molecule has 0 N–H and O–H groups in total. The number of amides is 1. The normalized spacial score (nSPS) is 16.4. The lowest BCUT2D eigenvalue weighted by Crippen LogP contribution is -2.44. The molecule has 0 saturated carbocycles. The Morgan fingerprint density at radius 1 is 1.29 bits per heavy atom. The highest BCUT2D eigenvalue weighted by atomic mass is 16.5. The van der Waals surface area contributed by atoms with E-state index in [0.29, 0.717) is 43.0 Å². The molecule has 1 aliphatic heterocycles. The highest BCUT2D eigenvalue weighted by molar-refractivity contribution is 5.96. The summed E-state index contributed by atoms with van der Waals surface area (Å²) in [5, 5.41) is 0.688. The number of ether oxygens (including phenoxy) is 2. The molecule has 2 aromatic heterocycles. The summed E-state index contributed by atoms with van der Waals surface area (Å²) in [6, 6.07) is 10.7. The van der Waals surface area contributed by atoms with Crippen molar-refractivity contribution in [2.45, 2.75) is 38.9 Å². The van der Waals surface area contributed by atoms with Gasteiger partial charge in [0.05, 0.1) is 19.3 Å². The largest absolute Gasteiger partial charge is 0.493 e. The van der Waals surface area contributed by atoms with Gasteiger partial charge in [-0.25, -0.2) is 4.79 Å². The first-order chi connectivity index (χ1) is 15.1. The van der Waals surface area contributed by atoms with Crippen LogP contribution in [0.1, 0.15) is 42.1 Å². The van der Waals surface area contributed by atoms with Crippen LogP contribution in [0.5, 0.6) is 5.75 Å². The van der Waals surface area contributed by atoms with E-state index >= 15 is 0 Å². The first-order valence-electron chi connectivity index (χ1n) is 10.6. The Bertz CT molecular complexity index is 1100. The Labute approximate surface area is 180 Å². The van der Waals surface area contributed by atoms with E-state index in [2.05, 4.69) is 4.98 Å². The zero-order valence-electron chi connectivity index (χ0n) is 17.6. The van der Waals surface area contributed by atoms with Crippen LogP contribution in [0.25, 0.3) is 11.0 Å². The second kappa shape index (κ2) is 9.75. The molecule has 1 fully saturated rings.